The number of hydrogen-bond acceptors (Lipinski definition) is 4. The number of nitrogens with zero attached hydrogens (tertiary/aromatic N) is 2. The van der Waals surface area contributed by atoms with Gasteiger partial charge < -0.3 is 16.8 Å². The van der Waals surface area contributed by atoms with Gasteiger partial charge in [-0.3, -0.25) is 9.59 Å². The Bertz CT molecular complexity index is 753. The Labute approximate surface area is 136 Å². The molecule has 2 aromatic heterocycles. The topological polar surface area (TPSA) is 116 Å². The summed E-state index contributed by atoms with van der Waals surface area (Å²) in [5, 5.41) is 7.33. The highest BCUT2D eigenvalue weighted by molar-refractivity contribution is 9.10. The molecule has 0 aliphatic rings. The molecule has 0 radical (unpaired) electrons. The first-order valence-electron chi connectivity index (χ1n) is 6.67. The minimum Gasteiger partial charge on any atom is -0.379 e. The van der Waals surface area contributed by atoms with Crippen LogP contribution in [0.15, 0.2) is 22.9 Å². The van der Waals surface area contributed by atoms with Crippen LogP contribution in [-0.4, -0.2) is 27.5 Å². The summed E-state index contributed by atoms with van der Waals surface area (Å²) >= 11 is 3.37. The average molecular weight is 368 g/mol. The van der Waals surface area contributed by atoms with Gasteiger partial charge in [0.15, 0.2) is 0 Å². The molecule has 0 fully saturated rings. The van der Waals surface area contributed by atoms with Crippen LogP contribution in [0.1, 0.15) is 31.1 Å². The molecule has 2 rings (SSSR count). The predicted molar refractivity (Wildman–Crippen MR) is 87.5 cm³/mol. The van der Waals surface area contributed by atoms with E-state index in [4.69, 9.17) is 11.5 Å². The van der Waals surface area contributed by atoms with E-state index in [1.807, 2.05) is 13.0 Å². The number of carbonyl (C=O) groups is 2. The number of carbonyl (C=O) groups excluding carboxylic acids is 2. The van der Waals surface area contributed by atoms with Crippen LogP contribution in [0, 0.1) is 5.41 Å². The number of nitrogens with one attached hydrogen (secondary N) is 1. The molecular formula is C14H18BrN5O2. The molecule has 8 heteroatoms. The number of halogens is 1. The second-order valence-corrected chi connectivity index (χ2v) is 6.65. The summed E-state index contributed by atoms with van der Waals surface area (Å²) < 4.78 is 2.43. The summed E-state index contributed by atoms with van der Waals surface area (Å²) in [4.78, 5) is 23.3. The fourth-order valence-electron chi connectivity index (χ4n) is 1.97. The Balaban J connectivity index is 2.55. The van der Waals surface area contributed by atoms with Gasteiger partial charge in [-0.2, -0.15) is 5.10 Å². The van der Waals surface area contributed by atoms with Crippen molar-refractivity contribution in [3.63, 3.8) is 0 Å². The molecular weight excluding hydrogens is 350 g/mol. The van der Waals surface area contributed by atoms with Crippen molar-refractivity contribution in [3.8, 4) is 0 Å². The van der Waals surface area contributed by atoms with E-state index in [2.05, 4.69) is 26.3 Å². The van der Waals surface area contributed by atoms with Crippen molar-refractivity contribution in [2.45, 2.75) is 26.8 Å². The lowest BCUT2D eigenvalue weighted by atomic mass is 9.84. The Morgan fingerprint density at radius 2 is 2.05 bits per heavy atom. The lowest BCUT2D eigenvalue weighted by molar-refractivity contribution is -0.126. The lowest BCUT2D eigenvalue weighted by Gasteiger charge is -2.30. The molecule has 1 atom stereocenters. The zero-order valence-corrected chi connectivity index (χ0v) is 14.1. The van der Waals surface area contributed by atoms with Gasteiger partial charge in [0.25, 0.3) is 5.91 Å². The van der Waals surface area contributed by atoms with Crippen molar-refractivity contribution in [1.82, 2.24) is 9.61 Å². The molecule has 1 unspecified atom stereocenters. The SMILES string of the molecule is CC(Nc1c(C(N)=O)cnn2cc(Br)cc12)C(C)(C)C(N)=O. The van der Waals surface area contributed by atoms with E-state index < -0.39 is 17.2 Å². The first-order valence-corrected chi connectivity index (χ1v) is 7.47. The van der Waals surface area contributed by atoms with Crippen LogP contribution < -0.4 is 16.8 Å². The van der Waals surface area contributed by atoms with Crippen LogP contribution >= 0.6 is 15.9 Å². The van der Waals surface area contributed by atoms with Gasteiger partial charge in [0.05, 0.1) is 28.4 Å². The summed E-state index contributed by atoms with van der Waals surface area (Å²) in [5.41, 5.74) is 11.5. The van der Waals surface area contributed by atoms with Gasteiger partial charge in [0.2, 0.25) is 5.91 Å². The normalized spacial score (nSPS) is 13.1. The molecule has 0 aromatic carbocycles. The number of hydrogen-bond donors (Lipinski definition) is 3. The first-order chi connectivity index (χ1) is 10.1. The van der Waals surface area contributed by atoms with Crippen LogP contribution in [0.25, 0.3) is 5.52 Å². The maximum absolute atomic E-state index is 11.7. The molecule has 2 heterocycles. The quantitative estimate of drug-likeness (QED) is 0.742. The summed E-state index contributed by atoms with van der Waals surface area (Å²) in [6.07, 6.45) is 3.16. The fourth-order valence-corrected chi connectivity index (χ4v) is 2.38. The first kappa shape index (κ1) is 16.3. The van der Waals surface area contributed by atoms with E-state index >= 15 is 0 Å². The summed E-state index contributed by atoms with van der Waals surface area (Å²) in [6, 6.07) is 1.49. The van der Waals surface area contributed by atoms with Gasteiger partial charge in [-0.25, -0.2) is 4.52 Å². The van der Waals surface area contributed by atoms with E-state index in [1.165, 1.54) is 6.20 Å². The number of primary amides is 2. The maximum Gasteiger partial charge on any atom is 0.252 e. The van der Waals surface area contributed by atoms with Crippen molar-refractivity contribution in [2.24, 2.45) is 16.9 Å². The standard InChI is InChI=1S/C14H18BrN5O2/c1-7(14(2,3)13(17)22)19-11-9(12(16)21)5-18-20-6-8(15)4-10(11)20/h4-7,19H,1-3H3,(H2,16,21)(H2,17,22). The number of anilines is 1. The molecule has 0 aliphatic heterocycles. The summed E-state index contributed by atoms with van der Waals surface area (Å²) in [6.45, 7) is 5.30. The number of rotatable bonds is 5. The number of nitrogens with two attached hydrogens (primary N) is 2. The summed E-state index contributed by atoms with van der Waals surface area (Å²) in [7, 11) is 0. The third-order valence-corrected chi connectivity index (χ3v) is 4.38. The van der Waals surface area contributed by atoms with E-state index in [-0.39, 0.29) is 11.6 Å². The van der Waals surface area contributed by atoms with Crippen molar-refractivity contribution in [2.75, 3.05) is 5.32 Å². The third kappa shape index (κ3) is 2.78. The predicted octanol–water partition coefficient (Wildman–Crippen LogP) is 1.51. The zero-order valence-electron chi connectivity index (χ0n) is 12.6. The van der Waals surface area contributed by atoms with Gasteiger partial charge in [-0.15, -0.1) is 0 Å². The van der Waals surface area contributed by atoms with Crippen LogP contribution in [0.2, 0.25) is 0 Å². The molecule has 7 nitrogen and oxygen atoms in total. The molecule has 0 saturated carbocycles. The highest BCUT2D eigenvalue weighted by Crippen LogP contribution is 2.29. The Hall–Kier alpha value is -2.09. The van der Waals surface area contributed by atoms with E-state index in [9.17, 15) is 9.59 Å². The zero-order chi connectivity index (χ0) is 16.7. The van der Waals surface area contributed by atoms with Crippen LogP contribution in [0.5, 0.6) is 0 Å². The van der Waals surface area contributed by atoms with E-state index in [0.717, 1.165) is 4.47 Å². The van der Waals surface area contributed by atoms with Crippen LogP contribution in [-0.2, 0) is 4.79 Å². The molecule has 118 valence electrons. The fraction of sp³-hybridized carbons (Fsp3) is 0.357. The molecule has 5 N–H and O–H groups in total. The van der Waals surface area contributed by atoms with Crippen molar-refractivity contribution >= 4 is 38.9 Å². The van der Waals surface area contributed by atoms with Gasteiger partial charge in [-0.1, -0.05) is 0 Å². The molecule has 2 amide bonds. The Morgan fingerprint density at radius 1 is 1.41 bits per heavy atom. The third-order valence-electron chi connectivity index (χ3n) is 3.95. The number of fused-ring (bicyclic) bond motifs is 1. The van der Waals surface area contributed by atoms with Gasteiger partial charge >= 0.3 is 0 Å². The highest BCUT2D eigenvalue weighted by Gasteiger charge is 2.33. The molecule has 0 bridgehead atoms. The van der Waals surface area contributed by atoms with Crippen LogP contribution in [0.4, 0.5) is 5.69 Å². The molecule has 0 aliphatic carbocycles. The second-order valence-electron chi connectivity index (χ2n) is 5.74. The molecule has 22 heavy (non-hydrogen) atoms. The van der Waals surface area contributed by atoms with E-state index in [0.29, 0.717) is 11.2 Å². The minimum atomic E-state index is -0.807. The molecule has 2 aromatic rings. The van der Waals surface area contributed by atoms with Crippen molar-refractivity contribution in [3.05, 3.63) is 28.5 Å². The molecule has 0 saturated heterocycles. The largest absolute Gasteiger partial charge is 0.379 e. The van der Waals surface area contributed by atoms with Gasteiger partial charge in [0.1, 0.15) is 0 Å². The van der Waals surface area contributed by atoms with Crippen molar-refractivity contribution in [1.29, 1.82) is 0 Å². The smallest absolute Gasteiger partial charge is 0.252 e. The maximum atomic E-state index is 11.7. The Kier molecular flexibility index (Phi) is 4.15. The number of aromatic nitrogens is 2. The van der Waals surface area contributed by atoms with Gasteiger partial charge in [0, 0.05) is 16.7 Å². The second kappa shape index (κ2) is 5.60. The minimum absolute atomic E-state index is 0.255. The van der Waals surface area contributed by atoms with Gasteiger partial charge in [-0.05, 0) is 42.8 Å². The summed E-state index contributed by atoms with van der Waals surface area (Å²) in [5.74, 6) is -1.03. The Morgan fingerprint density at radius 3 is 2.59 bits per heavy atom. The van der Waals surface area contributed by atoms with E-state index in [1.54, 1.807) is 24.6 Å². The highest BCUT2D eigenvalue weighted by atomic mass is 79.9. The molecule has 0 spiro atoms. The lowest BCUT2D eigenvalue weighted by Crippen LogP contribution is -2.44. The monoisotopic (exact) mass is 367 g/mol. The van der Waals surface area contributed by atoms with Crippen molar-refractivity contribution < 1.29 is 9.59 Å². The van der Waals surface area contributed by atoms with Crippen LogP contribution in [0.3, 0.4) is 0 Å². The number of amides is 2. The average Bonchev–Trinajstić information content (AvgIpc) is 2.79.